The van der Waals surface area contributed by atoms with Crippen LogP contribution in [0.1, 0.15) is 56.3 Å². The van der Waals surface area contributed by atoms with E-state index in [4.69, 9.17) is 10.5 Å². The summed E-state index contributed by atoms with van der Waals surface area (Å²) in [6.07, 6.45) is 6.36. The Hall–Kier alpha value is -2.64. The van der Waals surface area contributed by atoms with Crippen molar-refractivity contribution in [2.24, 2.45) is 18.7 Å². The fourth-order valence-corrected chi connectivity index (χ4v) is 4.95. The molecule has 0 spiro atoms. The summed E-state index contributed by atoms with van der Waals surface area (Å²) in [7, 11) is 2.08. The molecule has 0 aliphatic heterocycles. The van der Waals surface area contributed by atoms with Crippen LogP contribution in [0, 0.1) is 12.8 Å². The summed E-state index contributed by atoms with van der Waals surface area (Å²) in [4.78, 5) is 12.4. The van der Waals surface area contributed by atoms with E-state index < -0.39 is 11.6 Å². The average molecular weight is 440 g/mol. The van der Waals surface area contributed by atoms with Crippen LogP contribution in [0.2, 0.25) is 0 Å². The third-order valence-electron chi connectivity index (χ3n) is 7.46. The summed E-state index contributed by atoms with van der Waals surface area (Å²) in [6, 6.07) is 8.30. The molecule has 4 rings (SSSR count). The minimum absolute atomic E-state index is 0.118. The first kappa shape index (κ1) is 22.6. The van der Waals surface area contributed by atoms with E-state index >= 15 is 0 Å². The van der Waals surface area contributed by atoms with Crippen molar-refractivity contribution in [1.82, 2.24) is 9.13 Å². The van der Waals surface area contributed by atoms with Gasteiger partial charge in [0.1, 0.15) is 17.9 Å². The Balaban J connectivity index is 1.49. The maximum Gasteiger partial charge on any atom is 0.329 e. The van der Waals surface area contributed by atoms with Gasteiger partial charge in [0.25, 0.3) is 5.82 Å². The number of aliphatic hydroxyl groups is 1. The fourth-order valence-electron chi connectivity index (χ4n) is 4.95. The topological polar surface area (TPSA) is 86.3 Å². The standard InChI is InChI=1S/C25H35N4O3/c1-5-25(26,6-2)24(31)32-16-29-14-13-28(17(29)3)15-18-11-12-21-22(23(18)30)19-9-7-8-10-20(19)27(21)4/h7-10,13-14,18,23,30H,5-6,11-12,15-16,26H2,1-4H3/q+1. The van der Waals surface area contributed by atoms with Crippen LogP contribution in [0.15, 0.2) is 36.7 Å². The van der Waals surface area contributed by atoms with Crippen LogP contribution in [-0.4, -0.2) is 25.7 Å². The zero-order chi connectivity index (χ0) is 23.0. The van der Waals surface area contributed by atoms with Crippen molar-refractivity contribution in [3.05, 3.63) is 53.7 Å². The van der Waals surface area contributed by atoms with Gasteiger partial charge in [0, 0.05) is 42.0 Å². The number of carbonyl (C=O) groups excluding carboxylic acids is 1. The van der Waals surface area contributed by atoms with Crippen molar-refractivity contribution < 1.29 is 19.2 Å². The third-order valence-corrected chi connectivity index (χ3v) is 7.46. The summed E-state index contributed by atoms with van der Waals surface area (Å²) < 4.78 is 11.8. The molecule has 0 saturated carbocycles. The third kappa shape index (κ3) is 3.73. The van der Waals surface area contributed by atoms with Gasteiger partial charge in [-0.3, -0.25) is 0 Å². The van der Waals surface area contributed by atoms with Gasteiger partial charge < -0.3 is 20.1 Å². The maximum atomic E-state index is 12.4. The van der Waals surface area contributed by atoms with Crippen LogP contribution in [-0.2, 0) is 36.3 Å². The highest BCUT2D eigenvalue weighted by molar-refractivity contribution is 5.86. The summed E-state index contributed by atoms with van der Waals surface area (Å²) in [5.74, 6) is 0.727. The molecule has 3 N–H and O–H groups in total. The van der Waals surface area contributed by atoms with Crippen LogP contribution >= 0.6 is 0 Å². The molecular weight excluding hydrogens is 404 g/mol. The molecule has 0 bridgehead atoms. The van der Waals surface area contributed by atoms with Crippen LogP contribution in [0.25, 0.3) is 10.9 Å². The number of para-hydroxylation sites is 1. The van der Waals surface area contributed by atoms with Gasteiger partial charge >= 0.3 is 5.97 Å². The number of nitrogens with zero attached hydrogens (tertiary/aromatic N) is 3. The van der Waals surface area contributed by atoms with Crippen molar-refractivity contribution in [3.63, 3.8) is 0 Å². The zero-order valence-electron chi connectivity index (χ0n) is 19.5. The Morgan fingerprint density at radius 3 is 2.75 bits per heavy atom. The van der Waals surface area contributed by atoms with Crippen LogP contribution in [0.4, 0.5) is 0 Å². The molecule has 32 heavy (non-hydrogen) atoms. The second kappa shape index (κ2) is 8.71. The van der Waals surface area contributed by atoms with Gasteiger partial charge in [0.2, 0.25) is 6.73 Å². The smallest absolute Gasteiger partial charge is 0.329 e. The van der Waals surface area contributed by atoms with E-state index in [-0.39, 0.29) is 18.6 Å². The lowest BCUT2D eigenvalue weighted by Gasteiger charge is -2.28. The fraction of sp³-hybridized carbons (Fsp3) is 0.520. The molecule has 7 nitrogen and oxygen atoms in total. The second-order valence-corrected chi connectivity index (χ2v) is 9.07. The number of esters is 1. The number of hydrogen-bond donors (Lipinski definition) is 2. The van der Waals surface area contributed by atoms with Gasteiger partial charge in [-0.05, 0) is 31.7 Å². The molecule has 1 aromatic carbocycles. The molecule has 2 atom stereocenters. The van der Waals surface area contributed by atoms with Gasteiger partial charge in [0.15, 0.2) is 0 Å². The van der Waals surface area contributed by atoms with Gasteiger partial charge in [-0.25, -0.2) is 9.36 Å². The van der Waals surface area contributed by atoms with E-state index in [1.807, 2.05) is 49.9 Å². The predicted octanol–water partition coefficient (Wildman–Crippen LogP) is 2.89. The van der Waals surface area contributed by atoms with Crippen molar-refractivity contribution in [3.8, 4) is 0 Å². The molecule has 2 unspecified atom stereocenters. The summed E-state index contributed by atoms with van der Waals surface area (Å²) >= 11 is 0. The number of aliphatic hydroxyl groups excluding tert-OH is 1. The van der Waals surface area contributed by atoms with Crippen molar-refractivity contribution in [2.75, 3.05) is 0 Å². The number of carbonyl (C=O) groups is 1. The first-order valence-corrected chi connectivity index (χ1v) is 11.6. The van der Waals surface area contributed by atoms with Crippen molar-refractivity contribution >= 4 is 16.9 Å². The maximum absolute atomic E-state index is 12.4. The molecular formula is C25H35N4O3+. The number of rotatable bonds is 7. The lowest BCUT2D eigenvalue weighted by molar-refractivity contribution is -0.732. The molecule has 0 saturated heterocycles. The average Bonchev–Trinajstić information content (AvgIpc) is 3.31. The van der Waals surface area contributed by atoms with Crippen LogP contribution in [0.5, 0.6) is 0 Å². The Morgan fingerprint density at radius 2 is 2.03 bits per heavy atom. The van der Waals surface area contributed by atoms with Gasteiger partial charge in [-0.2, -0.15) is 4.57 Å². The largest absolute Gasteiger partial charge is 0.423 e. The molecule has 1 aliphatic carbocycles. The predicted molar refractivity (Wildman–Crippen MR) is 123 cm³/mol. The highest BCUT2D eigenvalue weighted by atomic mass is 16.5. The monoisotopic (exact) mass is 439 g/mol. The normalized spacial score (nSPS) is 18.7. The first-order chi connectivity index (χ1) is 15.3. The molecule has 0 radical (unpaired) electrons. The quantitative estimate of drug-likeness (QED) is 0.438. The Bertz CT molecular complexity index is 1130. The van der Waals surface area contributed by atoms with E-state index in [0.717, 1.165) is 29.6 Å². The molecule has 2 aromatic heterocycles. The summed E-state index contributed by atoms with van der Waals surface area (Å²) in [5, 5.41) is 12.4. The number of ether oxygens (including phenoxy) is 1. The lowest BCUT2D eigenvalue weighted by atomic mass is 9.83. The number of aryl methyl sites for hydroxylation is 1. The van der Waals surface area contributed by atoms with E-state index in [9.17, 15) is 9.90 Å². The molecule has 1 aliphatic rings. The lowest BCUT2D eigenvalue weighted by Crippen LogP contribution is -2.50. The van der Waals surface area contributed by atoms with Crippen LogP contribution < -0.4 is 10.3 Å². The highest BCUT2D eigenvalue weighted by Crippen LogP contribution is 2.41. The van der Waals surface area contributed by atoms with Gasteiger partial charge in [-0.1, -0.05) is 32.0 Å². The van der Waals surface area contributed by atoms with Crippen LogP contribution in [0.3, 0.4) is 0 Å². The van der Waals surface area contributed by atoms with E-state index in [1.165, 1.54) is 11.2 Å². The number of aromatic nitrogens is 3. The van der Waals surface area contributed by atoms with E-state index in [0.29, 0.717) is 19.4 Å². The molecule has 7 heteroatoms. The molecule has 172 valence electrons. The molecule has 0 fully saturated rings. The zero-order valence-corrected chi connectivity index (χ0v) is 19.5. The first-order valence-electron chi connectivity index (χ1n) is 11.6. The SMILES string of the molecule is CCC(N)(CC)C(=O)OC[n+]1ccn(CC2CCc3c(c4ccccc4n3C)C2O)c1C. The highest BCUT2D eigenvalue weighted by Gasteiger charge is 2.35. The Kier molecular flexibility index (Phi) is 6.14. The van der Waals surface area contributed by atoms with Crippen molar-refractivity contribution in [1.29, 1.82) is 0 Å². The number of fused-ring (bicyclic) bond motifs is 3. The second-order valence-electron chi connectivity index (χ2n) is 9.07. The molecule has 2 heterocycles. The summed E-state index contributed by atoms with van der Waals surface area (Å²) in [5.41, 5.74) is 8.70. The van der Waals surface area contributed by atoms with Gasteiger partial charge in [0.05, 0.1) is 12.6 Å². The Labute approximate surface area is 189 Å². The van der Waals surface area contributed by atoms with Gasteiger partial charge in [-0.15, -0.1) is 0 Å². The minimum Gasteiger partial charge on any atom is -0.423 e. The minimum atomic E-state index is -0.931. The molecule has 0 amide bonds. The number of hydrogen-bond acceptors (Lipinski definition) is 4. The van der Waals surface area contributed by atoms with E-state index in [1.54, 1.807) is 0 Å². The number of nitrogens with two attached hydrogens (primary N) is 1. The number of imidazole rings is 1. The molecule has 3 aromatic rings. The number of benzene rings is 1. The Morgan fingerprint density at radius 1 is 1.31 bits per heavy atom. The van der Waals surface area contributed by atoms with E-state index in [2.05, 4.69) is 28.3 Å². The van der Waals surface area contributed by atoms with Crippen molar-refractivity contribution in [2.45, 2.75) is 71.4 Å². The summed E-state index contributed by atoms with van der Waals surface area (Å²) in [6.45, 7) is 6.65.